The Morgan fingerprint density at radius 3 is 1.19 bits per heavy atom. The maximum absolute atomic E-state index is 10.3. The number of carboxylic acid groups (broad SMARTS) is 3. The summed E-state index contributed by atoms with van der Waals surface area (Å²) in [5, 5.41) is 33.8. The van der Waals surface area contributed by atoms with Crippen molar-refractivity contribution in [1.82, 2.24) is 4.90 Å². The largest absolute Gasteiger partial charge is 0.481 e. The first-order valence-electron chi connectivity index (χ1n) is 12.1. The first-order chi connectivity index (χ1) is 15.0. The molecule has 8 nitrogen and oxygen atoms in total. The lowest BCUT2D eigenvalue weighted by Gasteiger charge is -2.18. The number of rotatable bonds is 20. The fourth-order valence-corrected chi connectivity index (χ4v) is 3.34. The lowest BCUT2D eigenvalue weighted by molar-refractivity contribution is -0.170. The van der Waals surface area contributed by atoms with Crippen molar-refractivity contribution in [3.63, 3.8) is 0 Å². The van der Waals surface area contributed by atoms with E-state index in [1.807, 2.05) is 0 Å². The molecule has 0 radical (unpaired) electrons. The molecule has 32 heavy (non-hydrogen) atoms. The molecule has 0 saturated heterocycles. The number of aliphatic hydroxyl groups is 1. The molecule has 0 rings (SSSR count). The maximum atomic E-state index is 10.3. The van der Waals surface area contributed by atoms with Crippen LogP contribution in [0.1, 0.15) is 110 Å². The van der Waals surface area contributed by atoms with Gasteiger partial charge in [0, 0.05) is 0 Å². The minimum Gasteiger partial charge on any atom is -0.481 e. The molecular weight excluding hydrogens is 414 g/mol. The Morgan fingerprint density at radius 1 is 0.625 bits per heavy atom. The second-order valence-corrected chi connectivity index (χ2v) is 8.88. The fraction of sp³-hybridized carbons (Fsp3) is 0.875. The zero-order chi connectivity index (χ0) is 24.8. The summed E-state index contributed by atoms with van der Waals surface area (Å²) in [6.07, 6.45) is 18.0. The van der Waals surface area contributed by atoms with Crippen LogP contribution in [0.4, 0.5) is 0 Å². The summed E-state index contributed by atoms with van der Waals surface area (Å²) in [6.45, 7) is 3.55. The molecule has 0 fully saturated rings. The van der Waals surface area contributed by atoms with Gasteiger partial charge in [-0.25, -0.2) is 4.79 Å². The van der Waals surface area contributed by atoms with Gasteiger partial charge in [-0.15, -0.1) is 0 Å². The van der Waals surface area contributed by atoms with Crippen molar-refractivity contribution in [1.29, 1.82) is 0 Å². The van der Waals surface area contributed by atoms with Crippen LogP contribution in [0.2, 0.25) is 0 Å². The standard InChI is InChI=1S/C18H39N.C6H8O7/c1-4-5-6-7-8-9-10-11-12-13-14-15-16-17-18-19(2)3;7-3(8)1-6(13,5(11)12)2-4(9)10/h4-18H2,1-3H3;13H,1-2H2,(H,7,8)(H,9,10)(H,11,12). The topological polar surface area (TPSA) is 135 Å². The third-order valence-electron chi connectivity index (χ3n) is 5.24. The first-order valence-corrected chi connectivity index (χ1v) is 12.1. The van der Waals surface area contributed by atoms with Gasteiger partial charge in [0.2, 0.25) is 0 Å². The van der Waals surface area contributed by atoms with Gasteiger partial charge in [0.15, 0.2) is 5.60 Å². The maximum Gasteiger partial charge on any atom is 0.336 e. The number of hydrogen-bond acceptors (Lipinski definition) is 5. The minimum absolute atomic E-state index is 1.14. The summed E-state index contributed by atoms with van der Waals surface area (Å²) in [7, 11) is 4.34. The smallest absolute Gasteiger partial charge is 0.336 e. The van der Waals surface area contributed by atoms with Crippen molar-refractivity contribution in [2.75, 3.05) is 20.6 Å². The quantitative estimate of drug-likeness (QED) is 0.190. The van der Waals surface area contributed by atoms with Gasteiger partial charge >= 0.3 is 17.9 Å². The van der Waals surface area contributed by atoms with Gasteiger partial charge in [0.1, 0.15) is 0 Å². The van der Waals surface area contributed by atoms with Crippen molar-refractivity contribution in [2.24, 2.45) is 0 Å². The molecule has 4 N–H and O–H groups in total. The molecule has 0 aromatic heterocycles. The second-order valence-electron chi connectivity index (χ2n) is 8.88. The summed E-state index contributed by atoms with van der Waals surface area (Å²) in [5.41, 5.74) is -2.74. The number of unbranched alkanes of at least 4 members (excludes halogenated alkanes) is 13. The van der Waals surface area contributed by atoms with Crippen LogP contribution < -0.4 is 0 Å². The van der Waals surface area contributed by atoms with E-state index in [0.29, 0.717) is 0 Å². The summed E-state index contributed by atoms with van der Waals surface area (Å²) in [4.78, 5) is 32.8. The van der Waals surface area contributed by atoms with Crippen molar-refractivity contribution in [2.45, 2.75) is 115 Å². The highest BCUT2D eigenvalue weighted by atomic mass is 16.4. The molecule has 0 unspecified atom stereocenters. The van der Waals surface area contributed by atoms with Crippen LogP contribution >= 0.6 is 0 Å². The molecule has 0 amide bonds. The summed E-state index contributed by atoms with van der Waals surface area (Å²) >= 11 is 0. The number of aliphatic carboxylic acids is 3. The van der Waals surface area contributed by atoms with Crippen LogP contribution in [-0.2, 0) is 14.4 Å². The van der Waals surface area contributed by atoms with Crippen molar-refractivity contribution < 1.29 is 34.8 Å². The highest BCUT2D eigenvalue weighted by molar-refractivity contribution is 5.88. The Labute approximate surface area is 194 Å². The Hall–Kier alpha value is -1.67. The SMILES string of the molecule is CCCCCCCCCCCCCCCCN(C)C.O=C(O)CC(O)(CC(=O)O)C(=O)O. The molecule has 190 valence electrons. The van der Waals surface area contributed by atoms with Gasteiger partial charge in [0.25, 0.3) is 0 Å². The fourth-order valence-electron chi connectivity index (χ4n) is 3.34. The van der Waals surface area contributed by atoms with Gasteiger partial charge in [-0.1, -0.05) is 90.4 Å². The van der Waals surface area contributed by atoms with Crippen LogP contribution in [0.3, 0.4) is 0 Å². The van der Waals surface area contributed by atoms with Crippen LogP contribution in [0.15, 0.2) is 0 Å². The van der Waals surface area contributed by atoms with Crippen LogP contribution in [0, 0.1) is 0 Å². The van der Waals surface area contributed by atoms with Crippen molar-refractivity contribution in [3.05, 3.63) is 0 Å². The molecule has 0 bridgehead atoms. The van der Waals surface area contributed by atoms with E-state index in [2.05, 4.69) is 25.9 Å². The summed E-state index contributed by atoms with van der Waals surface area (Å²) in [6, 6.07) is 0. The monoisotopic (exact) mass is 461 g/mol. The van der Waals surface area contributed by atoms with E-state index >= 15 is 0 Å². The Bertz CT molecular complexity index is 479. The van der Waals surface area contributed by atoms with Crippen LogP contribution in [0.25, 0.3) is 0 Å². The zero-order valence-electron chi connectivity index (χ0n) is 20.5. The molecule has 0 aliphatic carbocycles. The Kier molecular flexibility index (Phi) is 21.5. The number of carboxylic acids is 3. The summed E-state index contributed by atoms with van der Waals surface area (Å²) in [5.74, 6) is -5.02. The van der Waals surface area contributed by atoms with Crippen LogP contribution in [0.5, 0.6) is 0 Å². The van der Waals surface area contributed by atoms with E-state index in [1.54, 1.807) is 0 Å². The average molecular weight is 462 g/mol. The third-order valence-corrected chi connectivity index (χ3v) is 5.24. The average Bonchev–Trinajstić information content (AvgIpc) is 2.67. The highest BCUT2D eigenvalue weighted by Gasteiger charge is 2.40. The molecule has 0 aliphatic heterocycles. The summed E-state index contributed by atoms with van der Waals surface area (Å²) < 4.78 is 0. The van der Waals surface area contributed by atoms with E-state index in [-0.39, 0.29) is 0 Å². The van der Waals surface area contributed by atoms with E-state index in [1.165, 1.54) is 96.4 Å². The Morgan fingerprint density at radius 2 is 0.938 bits per heavy atom. The lowest BCUT2D eigenvalue weighted by atomic mass is 9.96. The molecule has 0 heterocycles. The van der Waals surface area contributed by atoms with E-state index in [9.17, 15) is 14.4 Å². The molecule has 0 aromatic rings. The molecule has 0 saturated carbocycles. The third kappa shape index (κ3) is 23.0. The normalized spacial score (nSPS) is 11.2. The Balaban J connectivity index is 0. The molecule has 0 atom stereocenters. The van der Waals surface area contributed by atoms with Crippen LogP contribution in [-0.4, -0.2) is 69.5 Å². The molecule has 0 aromatic carbocycles. The van der Waals surface area contributed by atoms with Crippen molar-refractivity contribution >= 4 is 17.9 Å². The predicted octanol–water partition coefficient (Wildman–Crippen LogP) is 4.78. The lowest BCUT2D eigenvalue weighted by Crippen LogP contribution is -2.42. The van der Waals surface area contributed by atoms with Gasteiger partial charge in [0.05, 0.1) is 12.8 Å². The predicted molar refractivity (Wildman–Crippen MR) is 126 cm³/mol. The first kappa shape index (κ1) is 32.5. The molecule has 0 aliphatic rings. The highest BCUT2D eigenvalue weighted by Crippen LogP contribution is 2.16. The number of hydrogen-bond donors (Lipinski definition) is 4. The number of carbonyl (C=O) groups is 3. The van der Waals surface area contributed by atoms with Gasteiger partial charge < -0.3 is 25.3 Å². The van der Waals surface area contributed by atoms with Gasteiger partial charge in [-0.2, -0.15) is 0 Å². The second kappa shape index (κ2) is 21.2. The molecule has 0 spiro atoms. The van der Waals surface area contributed by atoms with Gasteiger partial charge in [-0.05, 0) is 27.1 Å². The number of nitrogens with zero attached hydrogens (tertiary/aromatic N) is 1. The zero-order valence-corrected chi connectivity index (χ0v) is 20.5. The molecular formula is C24H47NO7. The van der Waals surface area contributed by atoms with E-state index in [0.717, 1.165) is 0 Å². The van der Waals surface area contributed by atoms with Crippen molar-refractivity contribution in [3.8, 4) is 0 Å². The van der Waals surface area contributed by atoms with E-state index < -0.39 is 36.4 Å². The van der Waals surface area contributed by atoms with E-state index in [4.69, 9.17) is 20.4 Å². The molecule has 8 heteroatoms. The minimum atomic E-state index is -2.74. The van der Waals surface area contributed by atoms with Gasteiger partial charge in [-0.3, -0.25) is 9.59 Å².